The number of ether oxygens (including phenoxy) is 2. The molecule has 1 aliphatic heterocycles. The van der Waals surface area contributed by atoms with E-state index >= 15 is 0 Å². The number of nitrogens with zero attached hydrogens (tertiary/aromatic N) is 3. The number of pyridine rings is 1. The van der Waals surface area contributed by atoms with E-state index in [1.54, 1.807) is 30.5 Å². The van der Waals surface area contributed by atoms with Gasteiger partial charge in [0.05, 0.1) is 23.6 Å². The van der Waals surface area contributed by atoms with E-state index in [2.05, 4.69) is 20.4 Å². The van der Waals surface area contributed by atoms with Crippen molar-refractivity contribution >= 4 is 11.6 Å². The lowest BCUT2D eigenvalue weighted by Crippen LogP contribution is -2.25. The predicted molar refractivity (Wildman–Crippen MR) is 103 cm³/mol. The van der Waals surface area contributed by atoms with Gasteiger partial charge in [0, 0.05) is 23.9 Å². The molecular formula is C20H15N5O4. The molecular weight excluding hydrogens is 374 g/mol. The van der Waals surface area contributed by atoms with Crippen LogP contribution in [0.3, 0.4) is 0 Å². The number of H-pyrrole nitrogens is 1. The number of benzene rings is 1. The third-order valence-corrected chi connectivity index (χ3v) is 4.51. The predicted octanol–water partition coefficient (Wildman–Crippen LogP) is 1.74. The first kappa shape index (κ1) is 17.0. The molecule has 0 radical (unpaired) electrons. The minimum Gasteiger partial charge on any atom is -0.454 e. The topological polar surface area (TPSA) is 111 Å². The van der Waals surface area contributed by atoms with Crippen molar-refractivity contribution in [2.45, 2.75) is 6.54 Å². The van der Waals surface area contributed by atoms with Gasteiger partial charge in [0.25, 0.3) is 11.5 Å². The summed E-state index contributed by atoms with van der Waals surface area (Å²) in [5, 5.41) is 5.76. The molecule has 9 heteroatoms. The maximum atomic E-state index is 12.4. The van der Waals surface area contributed by atoms with Gasteiger partial charge in [-0.25, -0.2) is 9.50 Å². The van der Waals surface area contributed by atoms with Gasteiger partial charge in [-0.05, 0) is 30.3 Å². The van der Waals surface area contributed by atoms with E-state index in [0.29, 0.717) is 39.8 Å². The minimum atomic E-state index is -0.298. The van der Waals surface area contributed by atoms with Crippen LogP contribution < -0.4 is 20.3 Å². The molecule has 0 saturated heterocycles. The zero-order chi connectivity index (χ0) is 19.8. The first-order valence-electron chi connectivity index (χ1n) is 8.88. The standard InChI is InChI=1S/C20H15N5O4/c26-19-8-13(10-22-20(27)12-4-5-16-17(7-12)29-11-28-16)23-18-9-15(24-25(18)19)14-3-1-2-6-21-14/h1-9,24H,10-11H2,(H,22,27). The summed E-state index contributed by atoms with van der Waals surface area (Å²) in [5.74, 6) is 0.844. The van der Waals surface area contributed by atoms with Crippen molar-refractivity contribution in [3.63, 3.8) is 0 Å². The van der Waals surface area contributed by atoms with Crippen molar-refractivity contribution in [1.29, 1.82) is 0 Å². The molecule has 9 nitrogen and oxygen atoms in total. The normalized spacial score (nSPS) is 12.3. The summed E-state index contributed by atoms with van der Waals surface area (Å²) in [5.41, 5.74) is 2.45. The van der Waals surface area contributed by atoms with Crippen LogP contribution in [0.2, 0.25) is 0 Å². The molecule has 0 bridgehead atoms. The summed E-state index contributed by atoms with van der Waals surface area (Å²) in [6.07, 6.45) is 1.67. The van der Waals surface area contributed by atoms with Gasteiger partial charge >= 0.3 is 0 Å². The van der Waals surface area contributed by atoms with Crippen LogP contribution in [-0.4, -0.2) is 32.3 Å². The second-order valence-corrected chi connectivity index (χ2v) is 6.41. The van der Waals surface area contributed by atoms with Gasteiger partial charge < -0.3 is 14.8 Å². The Bertz CT molecular complexity index is 1280. The molecule has 1 amide bonds. The summed E-state index contributed by atoms with van der Waals surface area (Å²) in [6, 6.07) is 13.6. The van der Waals surface area contributed by atoms with Crippen molar-refractivity contribution in [2.24, 2.45) is 0 Å². The van der Waals surface area contributed by atoms with Crippen molar-refractivity contribution < 1.29 is 14.3 Å². The molecule has 0 saturated carbocycles. The quantitative estimate of drug-likeness (QED) is 0.550. The number of rotatable bonds is 4. The molecule has 0 aliphatic carbocycles. The molecule has 0 spiro atoms. The minimum absolute atomic E-state index is 0.114. The van der Waals surface area contributed by atoms with E-state index in [0.717, 1.165) is 0 Å². The van der Waals surface area contributed by atoms with Gasteiger partial charge in [0.2, 0.25) is 6.79 Å². The second kappa shape index (κ2) is 6.79. The summed E-state index contributed by atoms with van der Waals surface area (Å²) >= 11 is 0. The highest BCUT2D eigenvalue weighted by molar-refractivity contribution is 5.94. The molecule has 1 aromatic carbocycles. The van der Waals surface area contributed by atoms with Crippen LogP contribution in [0.15, 0.2) is 59.5 Å². The van der Waals surface area contributed by atoms with E-state index in [9.17, 15) is 9.59 Å². The Morgan fingerprint density at radius 1 is 1.14 bits per heavy atom. The van der Waals surface area contributed by atoms with Crippen LogP contribution in [0.4, 0.5) is 0 Å². The number of aromatic amines is 1. The molecule has 0 atom stereocenters. The summed E-state index contributed by atoms with van der Waals surface area (Å²) in [6.45, 7) is 0.258. The highest BCUT2D eigenvalue weighted by atomic mass is 16.7. The highest BCUT2D eigenvalue weighted by Gasteiger charge is 2.16. The van der Waals surface area contributed by atoms with Gasteiger partial charge in [-0.2, -0.15) is 0 Å². The lowest BCUT2D eigenvalue weighted by molar-refractivity contribution is 0.0950. The zero-order valence-corrected chi connectivity index (χ0v) is 15.1. The Hall–Kier alpha value is -4.14. The maximum Gasteiger partial charge on any atom is 0.272 e. The highest BCUT2D eigenvalue weighted by Crippen LogP contribution is 2.32. The maximum absolute atomic E-state index is 12.4. The number of hydrogen-bond donors (Lipinski definition) is 2. The summed E-state index contributed by atoms with van der Waals surface area (Å²) in [7, 11) is 0. The molecule has 2 N–H and O–H groups in total. The van der Waals surface area contributed by atoms with Crippen molar-refractivity contribution in [3.05, 3.63) is 76.3 Å². The number of amides is 1. The molecule has 5 rings (SSSR count). The van der Waals surface area contributed by atoms with Crippen LogP contribution in [0.5, 0.6) is 11.5 Å². The van der Waals surface area contributed by atoms with E-state index in [4.69, 9.17) is 9.47 Å². The van der Waals surface area contributed by atoms with E-state index in [-0.39, 0.29) is 24.8 Å². The van der Waals surface area contributed by atoms with Gasteiger partial charge in [0.15, 0.2) is 17.1 Å². The molecule has 0 unspecified atom stereocenters. The molecule has 4 aromatic rings. The van der Waals surface area contributed by atoms with Crippen LogP contribution in [-0.2, 0) is 6.54 Å². The van der Waals surface area contributed by atoms with Gasteiger partial charge in [-0.1, -0.05) is 6.07 Å². The Labute approximate surface area is 163 Å². The SMILES string of the molecule is O=C(NCc1cc(=O)n2[nH]c(-c3ccccn3)cc2n1)c1ccc2c(c1)OCO2. The second-order valence-electron chi connectivity index (χ2n) is 6.41. The fourth-order valence-electron chi connectivity index (χ4n) is 3.09. The van der Waals surface area contributed by atoms with E-state index < -0.39 is 0 Å². The van der Waals surface area contributed by atoms with Crippen LogP contribution in [0.1, 0.15) is 16.1 Å². The number of nitrogens with one attached hydrogen (secondary N) is 2. The molecule has 29 heavy (non-hydrogen) atoms. The fourth-order valence-corrected chi connectivity index (χ4v) is 3.09. The smallest absolute Gasteiger partial charge is 0.272 e. The summed E-state index contributed by atoms with van der Waals surface area (Å²) < 4.78 is 11.9. The molecule has 3 aromatic heterocycles. The van der Waals surface area contributed by atoms with E-state index in [1.165, 1.54) is 10.6 Å². The average molecular weight is 389 g/mol. The number of hydrogen-bond acceptors (Lipinski definition) is 6. The number of fused-ring (bicyclic) bond motifs is 2. The Kier molecular flexibility index (Phi) is 3.98. The first-order valence-corrected chi connectivity index (χ1v) is 8.88. The third kappa shape index (κ3) is 3.18. The fraction of sp³-hybridized carbons (Fsp3) is 0.100. The molecule has 1 aliphatic rings. The molecule has 144 valence electrons. The first-order chi connectivity index (χ1) is 14.2. The van der Waals surface area contributed by atoms with Crippen LogP contribution in [0, 0.1) is 0 Å². The summed E-state index contributed by atoms with van der Waals surface area (Å²) in [4.78, 5) is 33.6. The zero-order valence-electron chi connectivity index (χ0n) is 15.1. The van der Waals surface area contributed by atoms with Crippen molar-refractivity contribution in [2.75, 3.05) is 6.79 Å². The lowest BCUT2D eigenvalue weighted by Gasteiger charge is -2.06. The molecule has 0 fully saturated rings. The van der Waals surface area contributed by atoms with Crippen LogP contribution in [0.25, 0.3) is 17.0 Å². The Morgan fingerprint density at radius 3 is 2.90 bits per heavy atom. The largest absolute Gasteiger partial charge is 0.454 e. The monoisotopic (exact) mass is 389 g/mol. The van der Waals surface area contributed by atoms with Crippen molar-refractivity contribution in [3.8, 4) is 22.9 Å². The van der Waals surface area contributed by atoms with Gasteiger partial charge in [-0.15, -0.1) is 0 Å². The Balaban J connectivity index is 1.36. The lowest BCUT2D eigenvalue weighted by atomic mass is 10.2. The van der Waals surface area contributed by atoms with Gasteiger partial charge in [0.1, 0.15) is 0 Å². The third-order valence-electron chi connectivity index (χ3n) is 4.51. The van der Waals surface area contributed by atoms with Crippen LogP contribution >= 0.6 is 0 Å². The van der Waals surface area contributed by atoms with E-state index in [1.807, 2.05) is 18.2 Å². The Morgan fingerprint density at radius 2 is 2.03 bits per heavy atom. The van der Waals surface area contributed by atoms with Crippen molar-refractivity contribution in [1.82, 2.24) is 24.9 Å². The number of aromatic nitrogens is 4. The number of carbonyl (C=O) groups is 1. The average Bonchev–Trinajstić information content (AvgIpc) is 3.39. The number of carbonyl (C=O) groups excluding carboxylic acids is 1. The van der Waals surface area contributed by atoms with Gasteiger partial charge in [-0.3, -0.25) is 19.7 Å². The molecule has 4 heterocycles.